The number of nitrogens with one attached hydrogen (secondary N) is 1. The van der Waals surface area contributed by atoms with E-state index in [4.69, 9.17) is 9.47 Å². The number of ether oxygens (including phenoxy) is 2. The summed E-state index contributed by atoms with van der Waals surface area (Å²) in [6.45, 7) is 11.0. The van der Waals surface area contributed by atoms with Crippen molar-refractivity contribution in [1.29, 1.82) is 0 Å². The lowest BCUT2D eigenvalue weighted by Gasteiger charge is -2.22. The van der Waals surface area contributed by atoms with Crippen LogP contribution in [0.4, 0.5) is 0 Å². The Morgan fingerprint density at radius 2 is 1.76 bits per heavy atom. The minimum atomic E-state index is 0.615. The van der Waals surface area contributed by atoms with Crippen molar-refractivity contribution in [3.05, 3.63) is 23.8 Å². The molecular formula is C18H29NO2. The first-order valence-electron chi connectivity index (χ1n) is 8.34. The summed E-state index contributed by atoms with van der Waals surface area (Å²) in [7, 11) is 0. The Hall–Kier alpha value is -1.22. The first-order chi connectivity index (χ1) is 10.2. The zero-order valence-corrected chi connectivity index (χ0v) is 13.8. The van der Waals surface area contributed by atoms with E-state index in [0.29, 0.717) is 31.1 Å². The summed E-state index contributed by atoms with van der Waals surface area (Å²) >= 11 is 0. The zero-order chi connectivity index (χ0) is 15.2. The molecule has 3 unspecified atom stereocenters. The van der Waals surface area contributed by atoms with E-state index in [1.165, 1.54) is 18.4 Å². The van der Waals surface area contributed by atoms with Crippen molar-refractivity contribution in [3.63, 3.8) is 0 Å². The van der Waals surface area contributed by atoms with Crippen LogP contribution in [0.25, 0.3) is 0 Å². The molecule has 2 rings (SSSR count). The van der Waals surface area contributed by atoms with Crippen LogP contribution in [0.2, 0.25) is 0 Å². The van der Waals surface area contributed by atoms with Crippen LogP contribution in [-0.4, -0.2) is 25.8 Å². The highest BCUT2D eigenvalue weighted by molar-refractivity contribution is 5.44. The van der Waals surface area contributed by atoms with Gasteiger partial charge < -0.3 is 14.8 Å². The second-order valence-corrected chi connectivity index (χ2v) is 5.78. The zero-order valence-electron chi connectivity index (χ0n) is 13.8. The van der Waals surface area contributed by atoms with Gasteiger partial charge in [-0.2, -0.15) is 0 Å². The second-order valence-electron chi connectivity index (χ2n) is 5.78. The Labute approximate surface area is 129 Å². The normalized spacial score (nSPS) is 25.0. The summed E-state index contributed by atoms with van der Waals surface area (Å²) in [5, 5.41) is 3.61. The van der Waals surface area contributed by atoms with Gasteiger partial charge in [0.25, 0.3) is 0 Å². The molecule has 118 valence electrons. The molecule has 0 radical (unpaired) electrons. The predicted octanol–water partition coefficient (Wildman–Crippen LogP) is 3.98. The SMILES string of the molecule is CCNC1CCC(c2ccc(OCC)c(OCC)c2)C1C. The van der Waals surface area contributed by atoms with E-state index >= 15 is 0 Å². The molecule has 1 aromatic carbocycles. The molecule has 21 heavy (non-hydrogen) atoms. The fourth-order valence-electron chi connectivity index (χ4n) is 3.48. The molecule has 0 bridgehead atoms. The van der Waals surface area contributed by atoms with Crippen LogP contribution in [0.3, 0.4) is 0 Å². The van der Waals surface area contributed by atoms with Gasteiger partial charge in [0.1, 0.15) is 0 Å². The first-order valence-corrected chi connectivity index (χ1v) is 8.34. The Morgan fingerprint density at radius 1 is 1.05 bits per heavy atom. The molecule has 3 nitrogen and oxygen atoms in total. The summed E-state index contributed by atoms with van der Waals surface area (Å²) in [4.78, 5) is 0. The lowest BCUT2D eigenvalue weighted by atomic mass is 9.88. The van der Waals surface area contributed by atoms with Crippen molar-refractivity contribution in [2.45, 2.75) is 52.5 Å². The van der Waals surface area contributed by atoms with Crippen molar-refractivity contribution in [2.75, 3.05) is 19.8 Å². The maximum atomic E-state index is 5.76. The molecule has 0 saturated heterocycles. The third kappa shape index (κ3) is 3.70. The summed E-state index contributed by atoms with van der Waals surface area (Å²) < 4.78 is 11.4. The van der Waals surface area contributed by atoms with Gasteiger partial charge in [0.15, 0.2) is 11.5 Å². The topological polar surface area (TPSA) is 30.5 Å². The number of benzene rings is 1. The second kappa shape index (κ2) is 7.69. The molecule has 0 aromatic heterocycles. The smallest absolute Gasteiger partial charge is 0.161 e. The van der Waals surface area contributed by atoms with Crippen molar-refractivity contribution >= 4 is 0 Å². The Bertz CT molecular complexity index is 447. The summed E-state index contributed by atoms with van der Waals surface area (Å²) in [5.41, 5.74) is 1.38. The highest BCUT2D eigenvalue weighted by Gasteiger charge is 2.33. The Balaban J connectivity index is 2.18. The van der Waals surface area contributed by atoms with Crippen molar-refractivity contribution in [1.82, 2.24) is 5.32 Å². The summed E-state index contributed by atoms with van der Waals surface area (Å²) in [5.74, 6) is 3.02. The van der Waals surface area contributed by atoms with Gasteiger partial charge in [-0.15, -0.1) is 0 Å². The van der Waals surface area contributed by atoms with E-state index in [9.17, 15) is 0 Å². The molecule has 1 aromatic rings. The lowest BCUT2D eigenvalue weighted by molar-refractivity contribution is 0.287. The van der Waals surface area contributed by atoms with Gasteiger partial charge in [0.2, 0.25) is 0 Å². The van der Waals surface area contributed by atoms with Crippen LogP contribution in [0.5, 0.6) is 11.5 Å². The molecule has 0 amide bonds. The van der Waals surface area contributed by atoms with Crippen molar-refractivity contribution in [3.8, 4) is 11.5 Å². The van der Waals surface area contributed by atoms with Crippen LogP contribution in [0.1, 0.15) is 52.0 Å². The fraction of sp³-hybridized carbons (Fsp3) is 0.667. The van der Waals surface area contributed by atoms with Gasteiger partial charge in [-0.05, 0) is 62.8 Å². The van der Waals surface area contributed by atoms with Gasteiger partial charge >= 0.3 is 0 Å². The summed E-state index contributed by atoms with van der Waals surface area (Å²) in [6.07, 6.45) is 2.51. The first kappa shape index (κ1) is 16.2. The van der Waals surface area contributed by atoms with E-state index in [2.05, 4.69) is 37.4 Å². The van der Waals surface area contributed by atoms with Gasteiger partial charge in [0.05, 0.1) is 13.2 Å². The largest absolute Gasteiger partial charge is 0.490 e. The van der Waals surface area contributed by atoms with Gasteiger partial charge in [-0.25, -0.2) is 0 Å². The minimum Gasteiger partial charge on any atom is -0.490 e. The number of hydrogen-bond donors (Lipinski definition) is 1. The maximum absolute atomic E-state index is 5.76. The van der Waals surface area contributed by atoms with Crippen LogP contribution < -0.4 is 14.8 Å². The van der Waals surface area contributed by atoms with Gasteiger partial charge in [-0.1, -0.05) is 19.9 Å². The Kier molecular flexibility index (Phi) is 5.92. The number of hydrogen-bond acceptors (Lipinski definition) is 3. The van der Waals surface area contributed by atoms with Crippen molar-refractivity contribution in [2.24, 2.45) is 5.92 Å². The maximum Gasteiger partial charge on any atom is 0.161 e. The highest BCUT2D eigenvalue weighted by atomic mass is 16.5. The van der Waals surface area contributed by atoms with E-state index in [1.54, 1.807) is 0 Å². The third-order valence-corrected chi connectivity index (χ3v) is 4.52. The molecule has 1 N–H and O–H groups in total. The quantitative estimate of drug-likeness (QED) is 0.824. The summed E-state index contributed by atoms with van der Waals surface area (Å²) in [6, 6.07) is 7.10. The molecule has 3 atom stereocenters. The molecule has 3 heteroatoms. The van der Waals surface area contributed by atoms with Crippen LogP contribution in [-0.2, 0) is 0 Å². The predicted molar refractivity (Wildman–Crippen MR) is 87.4 cm³/mol. The lowest BCUT2D eigenvalue weighted by Crippen LogP contribution is -2.32. The molecule has 1 aliphatic rings. The van der Waals surface area contributed by atoms with E-state index in [-0.39, 0.29) is 0 Å². The average Bonchev–Trinajstić information content (AvgIpc) is 2.83. The average molecular weight is 291 g/mol. The van der Waals surface area contributed by atoms with Crippen molar-refractivity contribution < 1.29 is 9.47 Å². The van der Waals surface area contributed by atoms with Gasteiger partial charge in [-0.3, -0.25) is 0 Å². The molecule has 1 aliphatic carbocycles. The molecule has 1 fully saturated rings. The highest BCUT2D eigenvalue weighted by Crippen LogP contribution is 2.42. The minimum absolute atomic E-state index is 0.615. The monoisotopic (exact) mass is 291 g/mol. The van der Waals surface area contributed by atoms with Gasteiger partial charge in [0, 0.05) is 6.04 Å². The fourth-order valence-corrected chi connectivity index (χ4v) is 3.48. The van der Waals surface area contributed by atoms with E-state index in [1.807, 2.05) is 13.8 Å². The van der Waals surface area contributed by atoms with E-state index < -0.39 is 0 Å². The molecular weight excluding hydrogens is 262 g/mol. The standard InChI is InChI=1S/C18H29NO2/c1-5-19-16-10-9-15(13(16)4)14-8-11-17(20-6-2)18(12-14)21-7-3/h8,11-13,15-16,19H,5-7,9-10H2,1-4H3. The van der Waals surface area contributed by atoms with E-state index in [0.717, 1.165) is 18.0 Å². The molecule has 1 saturated carbocycles. The molecule has 0 heterocycles. The number of rotatable bonds is 7. The molecule has 0 aliphatic heterocycles. The van der Waals surface area contributed by atoms with Crippen LogP contribution >= 0.6 is 0 Å². The Morgan fingerprint density at radius 3 is 2.43 bits per heavy atom. The van der Waals surface area contributed by atoms with Crippen LogP contribution in [0.15, 0.2) is 18.2 Å². The van der Waals surface area contributed by atoms with Crippen LogP contribution in [0, 0.1) is 5.92 Å². The third-order valence-electron chi connectivity index (χ3n) is 4.52. The molecule has 0 spiro atoms.